The predicted molar refractivity (Wildman–Crippen MR) is 121 cm³/mol. The molecule has 0 saturated heterocycles. The highest BCUT2D eigenvalue weighted by Crippen LogP contribution is 2.37. The van der Waals surface area contributed by atoms with Crippen molar-refractivity contribution in [3.8, 4) is 34.6 Å². The lowest BCUT2D eigenvalue weighted by Gasteiger charge is -2.16. The van der Waals surface area contributed by atoms with Crippen LogP contribution in [-0.4, -0.2) is 53.7 Å². The summed E-state index contributed by atoms with van der Waals surface area (Å²) >= 11 is 0. The molecule has 11 nitrogen and oxygen atoms in total. The average molecular weight is 471 g/mol. The van der Waals surface area contributed by atoms with E-state index in [2.05, 4.69) is 24.7 Å². The quantitative estimate of drug-likeness (QED) is 0.352. The van der Waals surface area contributed by atoms with E-state index < -0.39 is 10.9 Å². The molecule has 0 aliphatic carbocycles. The molecule has 0 bridgehead atoms. The number of thiol groups is 1. The Kier molecular flexibility index (Phi) is 6.66. The molecular formula is C21H22N6O5S. The largest absolute Gasteiger partial charge is 0.494 e. The molecule has 3 heterocycles. The Bertz CT molecular complexity index is 1340. The first-order chi connectivity index (χ1) is 16.0. The fraction of sp³-hybridized carbons (Fsp3) is 0.238. The zero-order valence-corrected chi connectivity index (χ0v) is 19.1. The molecular weight excluding hydrogens is 448 g/mol. The van der Waals surface area contributed by atoms with Crippen LogP contribution in [0.25, 0.3) is 28.5 Å². The normalized spacial score (nSPS) is 11.2. The minimum absolute atomic E-state index is 0.0106. The van der Waals surface area contributed by atoms with Crippen LogP contribution in [0, 0.1) is 0 Å². The van der Waals surface area contributed by atoms with Crippen molar-refractivity contribution in [2.75, 3.05) is 20.8 Å². The molecule has 1 aromatic carbocycles. The van der Waals surface area contributed by atoms with Gasteiger partial charge in [-0.15, -0.1) is 0 Å². The number of rotatable bonds is 9. The van der Waals surface area contributed by atoms with Crippen molar-refractivity contribution >= 4 is 22.2 Å². The van der Waals surface area contributed by atoms with Crippen LogP contribution in [0.3, 0.4) is 0 Å². The van der Waals surface area contributed by atoms with Gasteiger partial charge in [-0.25, -0.2) is 33.1 Å². The van der Waals surface area contributed by atoms with Crippen molar-refractivity contribution in [2.24, 2.45) is 0 Å². The van der Waals surface area contributed by atoms with Gasteiger partial charge in [0, 0.05) is 6.07 Å². The smallest absolute Gasteiger partial charge is 0.213 e. The van der Waals surface area contributed by atoms with Crippen LogP contribution >= 0.6 is 0 Å². The number of aromatic nitrogens is 5. The van der Waals surface area contributed by atoms with Gasteiger partial charge in [0.1, 0.15) is 22.9 Å². The first-order valence-electron chi connectivity index (χ1n) is 9.99. The number of fused-ring (bicyclic) bond motifs is 1. The maximum Gasteiger partial charge on any atom is 0.213 e. The third kappa shape index (κ3) is 4.56. The molecule has 0 unspecified atom stereocenters. The summed E-state index contributed by atoms with van der Waals surface area (Å²) in [6.45, 7) is 2.33. The molecule has 12 heteroatoms. The van der Waals surface area contributed by atoms with Gasteiger partial charge >= 0.3 is 0 Å². The monoisotopic (exact) mass is 470 g/mol. The standard InChI is InChI=1S/C21H22N6O5S/c1-4-32-17-10-5-7-14(25-17)20-26-19-21(24-13(11-22-19)12-23-33(28)29)27(20)18-15(30-2)8-6-9-16(18)31-3/h5-11,33H,4,12H2,1-3H3,(H,23,28,29). The van der Waals surface area contributed by atoms with Gasteiger partial charge in [0.15, 0.2) is 17.1 Å². The van der Waals surface area contributed by atoms with E-state index in [0.29, 0.717) is 58.2 Å². The number of para-hydroxylation sites is 1. The first-order valence-corrected chi connectivity index (χ1v) is 11.2. The Morgan fingerprint density at radius 3 is 2.39 bits per heavy atom. The minimum Gasteiger partial charge on any atom is -0.494 e. The second-order valence-corrected chi connectivity index (χ2v) is 7.51. The second-order valence-electron chi connectivity index (χ2n) is 6.68. The summed E-state index contributed by atoms with van der Waals surface area (Å²) in [6.07, 6.45) is 1.47. The van der Waals surface area contributed by atoms with Crippen LogP contribution in [0.1, 0.15) is 12.6 Å². The molecule has 0 amide bonds. The van der Waals surface area contributed by atoms with E-state index in [4.69, 9.17) is 14.2 Å². The Morgan fingerprint density at radius 1 is 1.00 bits per heavy atom. The molecule has 1 N–H and O–H groups in total. The van der Waals surface area contributed by atoms with Gasteiger partial charge in [-0.3, -0.25) is 4.57 Å². The van der Waals surface area contributed by atoms with Gasteiger partial charge in [0.05, 0.1) is 39.3 Å². The molecule has 0 fully saturated rings. The number of imidazole rings is 1. The summed E-state index contributed by atoms with van der Waals surface area (Å²) < 4.78 is 42.8. The summed E-state index contributed by atoms with van der Waals surface area (Å²) in [5.41, 5.74) is 2.22. The highest BCUT2D eigenvalue weighted by Gasteiger charge is 2.23. The van der Waals surface area contributed by atoms with Crippen LogP contribution in [-0.2, 0) is 17.4 Å². The van der Waals surface area contributed by atoms with Crippen LogP contribution < -0.4 is 18.9 Å². The molecule has 0 radical (unpaired) electrons. The molecule has 0 spiro atoms. The average Bonchev–Trinajstić information content (AvgIpc) is 3.21. The van der Waals surface area contributed by atoms with Crippen molar-refractivity contribution < 1.29 is 22.6 Å². The summed E-state index contributed by atoms with van der Waals surface area (Å²) in [5, 5.41) is 0. The molecule has 3 aromatic heterocycles. The zero-order valence-electron chi connectivity index (χ0n) is 18.2. The van der Waals surface area contributed by atoms with Crippen molar-refractivity contribution in [3.63, 3.8) is 0 Å². The fourth-order valence-electron chi connectivity index (χ4n) is 3.32. The van der Waals surface area contributed by atoms with Crippen molar-refractivity contribution in [1.82, 2.24) is 29.2 Å². The SMILES string of the molecule is CCOc1cccc(-c2nc3ncc(CN[SH](=O)=O)nc3n2-c2c(OC)cccc2OC)n1. The summed E-state index contributed by atoms with van der Waals surface area (Å²) in [5.74, 6) is 1.92. The molecule has 172 valence electrons. The van der Waals surface area contributed by atoms with Crippen molar-refractivity contribution in [1.29, 1.82) is 0 Å². The number of hydrogen-bond donors (Lipinski definition) is 2. The van der Waals surface area contributed by atoms with E-state index in [1.165, 1.54) is 6.20 Å². The third-order valence-electron chi connectivity index (χ3n) is 4.68. The second kappa shape index (κ2) is 9.79. The fourth-order valence-corrected chi connectivity index (χ4v) is 3.61. The molecule has 0 saturated carbocycles. The number of pyridine rings is 1. The van der Waals surface area contributed by atoms with E-state index in [-0.39, 0.29) is 6.54 Å². The Morgan fingerprint density at radius 2 is 1.73 bits per heavy atom. The maximum atomic E-state index is 11.0. The predicted octanol–water partition coefficient (Wildman–Crippen LogP) is 1.91. The molecule has 0 aliphatic heterocycles. The number of methoxy groups -OCH3 is 2. The number of benzene rings is 1. The molecule has 33 heavy (non-hydrogen) atoms. The topological polar surface area (TPSA) is 130 Å². The Balaban J connectivity index is 2.02. The maximum absolute atomic E-state index is 11.0. The van der Waals surface area contributed by atoms with Crippen LogP contribution in [0.5, 0.6) is 17.4 Å². The van der Waals surface area contributed by atoms with Gasteiger partial charge in [0.25, 0.3) is 0 Å². The highest BCUT2D eigenvalue weighted by molar-refractivity contribution is 7.70. The third-order valence-corrected chi connectivity index (χ3v) is 5.10. The Labute approximate surface area is 191 Å². The van der Waals surface area contributed by atoms with E-state index in [0.717, 1.165) is 0 Å². The van der Waals surface area contributed by atoms with E-state index in [1.807, 2.05) is 13.0 Å². The molecule has 0 atom stereocenters. The number of ether oxygens (including phenoxy) is 3. The summed E-state index contributed by atoms with van der Waals surface area (Å²) in [7, 11) is 0.328. The van der Waals surface area contributed by atoms with Crippen LogP contribution in [0.4, 0.5) is 0 Å². The van der Waals surface area contributed by atoms with Crippen molar-refractivity contribution in [2.45, 2.75) is 13.5 Å². The summed E-state index contributed by atoms with van der Waals surface area (Å²) in [6, 6.07) is 10.8. The highest BCUT2D eigenvalue weighted by atomic mass is 32.2. The molecule has 4 aromatic rings. The lowest BCUT2D eigenvalue weighted by atomic mass is 10.2. The minimum atomic E-state index is -2.78. The van der Waals surface area contributed by atoms with Crippen molar-refractivity contribution in [3.05, 3.63) is 48.3 Å². The zero-order chi connectivity index (χ0) is 23.4. The van der Waals surface area contributed by atoms with Gasteiger partial charge in [0.2, 0.25) is 16.8 Å². The van der Waals surface area contributed by atoms with Gasteiger partial charge in [-0.05, 0) is 25.1 Å². The van der Waals surface area contributed by atoms with E-state index in [9.17, 15) is 8.42 Å². The number of hydrogen-bond acceptors (Lipinski definition) is 9. The lowest BCUT2D eigenvalue weighted by molar-refractivity contribution is 0.327. The first kappa shape index (κ1) is 22.4. The number of nitrogens with zero attached hydrogens (tertiary/aromatic N) is 5. The van der Waals surface area contributed by atoms with Crippen LogP contribution in [0.2, 0.25) is 0 Å². The lowest BCUT2D eigenvalue weighted by Crippen LogP contribution is -2.12. The Hall–Kier alpha value is -3.77. The van der Waals surface area contributed by atoms with Gasteiger partial charge < -0.3 is 14.2 Å². The van der Waals surface area contributed by atoms with E-state index >= 15 is 0 Å². The van der Waals surface area contributed by atoms with Gasteiger partial charge in [-0.2, -0.15) is 0 Å². The van der Waals surface area contributed by atoms with Crippen LogP contribution in [0.15, 0.2) is 42.6 Å². The van der Waals surface area contributed by atoms with Gasteiger partial charge in [-0.1, -0.05) is 12.1 Å². The molecule has 4 rings (SSSR count). The summed E-state index contributed by atoms with van der Waals surface area (Å²) in [4.78, 5) is 18.2. The number of nitrogens with one attached hydrogen (secondary N) is 1. The van der Waals surface area contributed by atoms with E-state index in [1.54, 1.807) is 49.1 Å². The molecule has 0 aliphatic rings.